The zero-order valence-corrected chi connectivity index (χ0v) is 18.0. The fraction of sp³-hybridized carbons (Fsp3) is 0.208. The summed E-state index contributed by atoms with van der Waals surface area (Å²) in [6, 6.07) is 9.05. The summed E-state index contributed by atoms with van der Waals surface area (Å²) in [6.07, 6.45) is 3.74. The van der Waals surface area contributed by atoms with Gasteiger partial charge in [0.25, 0.3) is 5.91 Å². The Bertz CT molecular complexity index is 1200. The van der Waals surface area contributed by atoms with Crippen molar-refractivity contribution < 1.29 is 19.1 Å². The van der Waals surface area contributed by atoms with Crippen LogP contribution in [-0.2, 0) is 11.2 Å². The minimum atomic E-state index is -1.19. The first-order valence-corrected chi connectivity index (χ1v) is 10.5. The molecule has 1 heterocycles. The number of phenols is 1. The third-order valence-electron chi connectivity index (χ3n) is 5.81. The molecule has 2 amide bonds. The number of aryl methyl sites for hydroxylation is 1. The van der Waals surface area contributed by atoms with Gasteiger partial charge in [0.05, 0.1) is 11.6 Å². The van der Waals surface area contributed by atoms with Crippen molar-refractivity contribution >= 4 is 23.4 Å². The lowest BCUT2D eigenvalue weighted by Gasteiger charge is -2.36. The van der Waals surface area contributed by atoms with Crippen LogP contribution >= 0.6 is 11.6 Å². The Balaban J connectivity index is 1.91. The van der Waals surface area contributed by atoms with Crippen molar-refractivity contribution in [1.82, 2.24) is 9.88 Å². The second-order valence-corrected chi connectivity index (χ2v) is 8.22. The summed E-state index contributed by atoms with van der Waals surface area (Å²) in [4.78, 5) is 31.9. The highest BCUT2D eigenvalue weighted by Crippen LogP contribution is 2.43. The monoisotopic (exact) mass is 453 g/mol. The highest BCUT2D eigenvalue weighted by atomic mass is 35.5. The molecule has 0 bridgehead atoms. The lowest BCUT2D eigenvalue weighted by molar-refractivity contribution is -0.123. The number of phenolic OH excluding ortho intramolecular Hbond substituents is 1. The number of benzene rings is 2. The number of aromatic hydroxyl groups is 1. The Morgan fingerprint density at radius 1 is 1.28 bits per heavy atom. The summed E-state index contributed by atoms with van der Waals surface area (Å²) < 4.78 is 14.6. The molecule has 0 unspecified atom stereocenters. The third kappa shape index (κ3) is 3.80. The minimum absolute atomic E-state index is 0.0242. The second-order valence-electron chi connectivity index (χ2n) is 7.78. The molecule has 0 saturated heterocycles. The zero-order valence-electron chi connectivity index (χ0n) is 17.3. The summed E-state index contributed by atoms with van der Waals surface area (Å²) >= 11 is 6.12. The standard InChI is InChI=1S/C24H21ClFN3O3/c1-13-4-2-6-17(22(13)30)24(32)29(21(23(27)31)14-5-3-9-28-12-14)20-8-7-16-18(20)10-15(25)11-19(16)26/h2-6,9-12,20-21,30H,7-8H2,1H3,(H2,27,31)/t20-,21-/m1/s1. The molecule has 4 rings (SSSR count). The summed E-state index contributed by atoms with van der Waals surface area (Å²) in [5, 5.41) is 10.8. The molecule has 8 heteroatoms. The van der Waals surface area contributed by atoms with Crippen LogP contribution in [0.1, 0.15) is 51.1 Å². The van der Waals surface area contributed by atoms with E-state index in [1.54, 1.807) is 43.5 Å². The van der Waals surface area contributed by atoms with Crippen LogP contribution < -0.4 is 5.73 Å². The van der Waals surface area contributed by atoms with Crippen molar-refractivity contribution in [3.05, 3.63) is 93.5 Å². The number of carbonyl (C=O) groups excluding carboxylic acids is 2. The maximum Gasteiger partial charge on any atom is 0.259 e. The van der Waals surface area contributed by atoms with Crippen LogP contribution in [0.15, 0.2) is 54.9 Å². The van der Waals surface area contributed by atoms with Gasteiger partial charge in [0, 0.05) is 23.0 Å². The topological polar surface area (TPSA) is 96.5 Å². The van der Waals surface area contributed by atoms with E-state index in [9.17, 15) is 19.1 Å². The molecule has 2 aromatic carbocycles. The van der Waals surface area contributed by atoms with Crippen molar-refractivity contribution in [2.45, 2.75) is 31.8 Å². The molecule has 2 atom stereocenters. The highest BCUT2D eigenvalue weighted by molar-refractivity contribution is 6.30. The quantitative estimate of drug-likeness (QED) is 0.603. The van der Waals surface area contributed by atoms with E-state index in [1.807, 2.05) is 0 Å². The minimum Gasteiger partial charge on any atom is -0.507 e. The van der Waals surface area contributed by atoms with Gasteiger partial charge in [-0.2, -0.15) is 0 Å². The molecular formula is C24H21ClFN3O3. The first kappa shape index (κ1) is 21.8. The number of aromatic nitrogens is 1. The number of hydrogen-bond acceptors (Lipinski definition) is 4. The van der Waals surface area contributed by atoms with E-state index < -0.39 is 29.7 Å². The lowest BCUT2D eigenvalue weighted by atomic mass is 9.98. The molecule has 0 saturated carbocycles. The SMILES string of the molecule is Cc1cccc(C(=O)N([C@@H]2CCc3c(F)cc(Cl)cc32)[C@@H](C(N)=O)c2cccnc2)c1O. The Hall–Kier alpha value is -3.45. The third-order valence-corrected chi connectivity index (χ3v) is 6.03. The number of para-hydroxylation sites is 1. The van der Waals surface area contributed by atoms with Gasteiger partial charge in [0.1, 0.15) is 17.6 Å². The molecule has 0 fully saturated rings. The van der Waals surface area contributed by atoms with Crippen molar-refractivity contribution in [2.24, 2.45) is 5.73 Å². The van der Waals surface area contributed by atoms with Crippen LogP contribution in [0.4, 0.5) is 4.39 Å². The molecule has 1 aliphatic carbocycles. The molecule has 164 valence electrons. The fourth-order valence-electron chi connectivity index (χ4n) is 4.32. The van der Waals surface area contributed by atoms with Crippen LogP contribution in [-0.4, -0.2) is 26.8 Å². The van der Waals surface area contributed by atoms with Gasteiger partial charge in [0.15, 0.2) is 0 Å². The predicted molar refractivity (Wildman–Crippen MR) is 118 cm³/mol. The van der Waals surface area contributed by atoms with Crippen molar-refractivity contribution in [1.29, 1.82) is 0 Å². The molecule has 0 radical (unpaired) electrons. The van der Waals surface area contributed by atoms with E-state index in [0.717, 1.165) is 0 Å². The predicted octanol–water partition coefficient (Wildman–Crippen LogP) is 4.24. The van der Waals surface area contributed by atoms with Crippen LogP contribution in [0.25, 0.3) is 0 Å². The summed E-state index contributed by atoms with van der Waals surface area (Å²) in [5.41, 5.74) is 7.69. The Labute approximate surface area is 189 Å². The lowest BCUT2D eigenvalue weighted by Crippen LogP contribution is -2.43. The first-order chi connectivity index (χ1) is 15.3. The number of halogens is 2. The van der Waals surface area contributed by atoms with E-state index in [2.05, 4.69) is 4.98 Å². The number of nitrogens with zero attached hydrogens (tertiary/aromatic N) is 2. The van der Waals surface area contributed by atoms with Crippen LogP contribution in [0.3, 0.4) is 0 Å². The van der Waals surface area contributed by atoms with E-state index in [4.69, 9.17) is 17.3 Å². The molecule has 1 aliphatic rings. The van der Waals surface area contributed by atoms with Gasteiger partial charge in [0.2, 0.25) is 5.91 Å². The number of amides is 2. The van der Waals surface area contributed by atoms with Gasteiger partial charge in [-0.1, -0.05) is 29.8 Å². The van der Waals surface area contributed by atoms with Gasteiger partial charge in [-0.05, 0) is 60.7 Å². The summed E-state index contributed by atoms with van der Waals surface area (Å²) in [6.45, 7) is 1.67. The molecular weight excluding hydrogens is 433 g/mol. The van der Waals surface area contributed by atoms with E-state index >= 15 is 0 Å². The van der Waals surface area contributed by atoms with Gasteiger partial charge < -0.3 is 15.7 Å². The fourth-order valence-corrected chi connectivity index (χ4v) is 4.53. The molecule has 3 N–H and O–H groups in total. The molecule has 3 aromatic rings. The maximum atomic E-state index is 14.6. The first-order valence-electron chi connectivity index (χ1n) is 10.1. The van der Waals surface area contributed by atoms with Gasteiger partial charge in [-0.3, -0.25) is 14.6 Å². The van der Waals surface area contributed by atoms with Crippen LogP contribution in [0.5, 0.6) is 5.75 Å². The number of pyridine rings is 1. The molecule has 6 nitrogen and oxygen atoms in total. The van der Waals surface area contributed by atoms with Crippen molar-refractivity contribution in [3.8, 4) is 5.75 Å². The van der Waals surface area contributed by atoms with Crippen molar-refractivity contribution in [2.75, 3.05) is 0 Å². The smallest absolute Gasteiger partial charge is 0.259 e. The molecule has 32 heavy (non-hydrogen) atoms. The molecule has 0 aliphatic heterocycles. The number of carbonyl (C=O) groups is 2. The number of fused-ring (bicyclic) bond motifs is 1. The average molecular weight is 454 g/mol. The number of rotatable bonds is 5. The summed E-state index contributed by atoms with van der Waals surface area (Å²) in [5.74, 6) is -2.02. The average Bonchev–Trinajstić information content (AvgIpc) is 3.17. The largest absolute Gasteiger partial charge is 0.507 e. The van der Waals surface area contributed by atoms with E-state index in [0.29, 0.717) is 35.1 Å². The van der Waals surface area contributed by atoms with Gasteiger partial charge in [-0.15, -0.1) is 0 Å². The molecule has 0 spiro atoms. The normalized spacial score (nSPS) is 15.8. The highest BCUT2D eigenvalue weighted by Gasteiger charge is 2.41. The van der Waals surface area contributed by atoms with Crippen molar-refractivity contribution in [3.63, 3.8) is 0 Å². The number of nitrogens with two attached hydrogens (primary N) is 1. The Morgan fingerprint density at radius 2 is 2.06 bits per heavy atom. The zero-order chi connectivity index (χ0) is 23.0. The Morgan fingerprint density at radius 3 is 2.75 bits per heavy atom. The second kappa shape index (κ2) is 8.59. The molecule has 1 aromatic heterocycles. The van der Waals surface area contributed by atoms with Gasteiger partial charge in [-0.25, -0.2) is 4.39 Å². The van der Waals surface area contributed by atoms with E-state index in [1.165, 1.54) is 23.2 Å². The van der Waals surface area contributed by atoms with Crippen LogP contribution in [0, 0.1) is 12.7 Å². The Kier molecular flexibility index (Phi) is 5.84. The van der Waals surface area contributed by atoms with Gasteiger partial charge >= 0.3 is 0 Å². The maximum absolute atomic E-state index is 14.6. The summed E-state index contributed by atoms with van der Waals surface area (Å²) in [7, 11) is 0. The van der Waals surface area contributed by atoms with E-state index in [-0.39, 0.29) is 16.3 Å². The van der Waals surface area contributed by atoms with Crippen LogP contribution in [0.2, 0.25) is 5.02 Å². The number of hydrogen-bond donors (Lipinski definition) is 2. The number of primary amides is 1.